The number of piperidine rings is 3. The van der Waals surface area contributed by atoms with Crippen LogP contribution in [0, 0.1) is 11.8 Å². The maximum Gasteiger partial charge on any atom is 0.271 e. The number of fused-ring (bicyclic) bond motifs is 3. The average molecular weight is 494 g/mol. The normalized spacial score (nSPS) is 24.1. The molecule has 32 heavy (non-hydrogen) atoms. The van der Waals surface area contributed by atoms with Crippen molar-refractivity contribution < 1.29 is 14.3 Å². The zero-order chi connectivity index (χ0) is 22.7. The van der Waals surface area contributed by atoms with Crippen LogP contribution in [0.25, 0.3) is 0 Å². The Bertz CT molecular complexity index is 981. The van der Waals surface area contributed by atoms with E-state index in [-0.39, 0.29) is 27.8 Å². The highest BCUT2D eigenvalue weighted by Crippen LogP contribution is 2.42. The van der Waals surface area contributed by atoms with Crippen LogP contribution in [-0.4, -0.2) is 42.3 Å². The van der Waals surface area contributed by atoms with Gasteiger partial charge in [-0.3, -0.25) is 25.3 Å². The molecule has 0 aliphatic carbocycles. The molecular weight excluding hydrogens is 469 g/mol. The average Bonchev–Trinajstić information content (AvgIpc) is 2.81. The van der Waals surface area contributed by atoms with Gasteiger partial charge >= 0.3 is 0 Å². The molecule has 0 spiro atoms. The Morgan fingerprint density at radius 2 is 1.81 bits per heavy atom. The molecule has 3 fully saturated rings. The molecule has 0 radical (unpaired) electrons. The quantitative estimate of drug-likeness (QED) is 0.584. The number of hydrogen-bond donors (Lipinski definition) is 2. The predicted molar refractivity (Wildman–Crippen MR) is 128 cm³/mol. The number of amides is 2. The Kier molecular flexibility index (Phi) is 7.51. The number of nitrogens with one attached hydrogen (secondary N) is 2. The van der Waals surface area contributed by atoms with Crippen molar-refractivity contribution in [2.24, 2.45) is 11.8 Å². The summed E-state index contributed by atoms with van der Waals surface area (Å²) in [5.41, 5.74) is 6.59. The second-order valence-corrected chi connectivity index (χ2v) is 9.96. The molecule has 170 valence electrons. The van der Waals surface area contributed by atoms with Crippen molar-refractivity contribution in [2.75, 3.05) is 20.2 Å². The molecule has 5 rings (SSSR count). The van der Waals surface area contributed by atoms with E-state index in [0.717, 1.165) is 37.4 Å². The van der Waals surface area contributed by atoms with Crippen LogP contribution < -0.4 is 15.6 Å². The number of rotatable bonds is 6. The van der Waals surface area contributed by atoms with Crippen molar-refractivity contribution in [3.8, 4) is 5.75 Å². The summed E-state index contributed by atoms with van der Waals surface area (Å²) in [6.45, 7) is 2.00. The van der Waals surface area contributed by atoms with Gasteiger partial charge in [-0.15, -0.1) is 11.8 Å². The van der Waals surface area contributed by atoms with Gasteiger partial charge in [-0.25, -0.2) is 0 Å². The van der Waals surface area contributed by atoms with E-state index in [1.54, 1.807) is 24.9 Å². The fraction of sp³-hybridized carbons (Fsp3) is 0.391. The van der Waals surface area contributed by atoms with Crippen LogP contribution in [0.5, 0.6) is 5.75 Å². The highest BCUT2D eigenvalue weighted by molar-refractivity contribution is 7.99. The van der Waals surface area contributed by atoms with Gasteiger partial charge in [0, 0.05) is 10.8 Å². The predicted octanol–water partition coefficient (Wildman–Crippen LogP) is 4.36. The molecule has 3 saturated heterocycles. The SMILES string of the molecule is COc1ccc(CS[C@H]2[C@@H](C(=O)NNC(=O)c3ccc(Cl)cc3Cl)C3CCN2CC3)cc1. The van der Waals surface area contributed by atoms with Gasteiger partial charge in [0.05, 0.1) is 29.0 Å². The summed E-state index contributed by atoms with van der Waals surface area (Å²) in [7, 11) is 1.65. The largest absolute Gasteiger partial charge is 0.497 e. The van der Waals surface area contributed by atoms with Crippen LogP contribution in [0.2, 0.25) is 10.0 Å². The second kappa shape index (κ2) is 10.3. The lowest BCUT2D eigenvalue weighted by Crippen LogP contribution is -2.59. The van der Waals surface area contributed by atoms with Crippen LogP contribution >= 0.6 is 35.0 Å². The molecule has 2 amide bonds. The summed E-state index contributed by atoms with van der Waals surface area (Å²) in [6, 6.07) is 12.6. The zero-order valence-electron chi connectivity index (χ0n) is 17.6. The third kappa shape index (κ3) is 5.17. The Morgan fingerprint density at radius 1 is 1.09 bits per heavy atom. The number of ether oxygens (including phenoxy) is 1. The summed E-state index contributed by atoms with van der Waals surface area (Å²) >= 11 is 13.8. The number of carbonyl (C=O) groups excluding carboxylic acids is 2. The summed E-state index contributed by atoms with van der Waals surface area (Å²) in [4.78, 5) is 28.0. The van der Waals surface area contributed by atoms with Crippen LogP contribution in [-0.2, 0) is 10.5 Å². The number of benzene rings is 2. The number of thioether (sulfide) groups is 1. The van der Waals surface area contributed by atoms with E-state index in [0.29, 0.717) is 10.9 Å². The molecule has 0 aromatic heterocycles. The number of methoxy groups -OCH3 is 1. The summed E-state index contributed by atoms with van der Waals surface area (Å²) in [5, 5.41) is 0.750. The van der Waals surface area contributed by atoms with E-state index >= 15 is 0 Å². The first-order chi connectivity index (χ1) is 15.5. The Hall–Kier alpha value is -1.93. The van der Waals surface area contributed by atoms with E-state index < -0.39 is 5.91 Å². The first-order valence-corrected chi connectivity index (χ1v) is 12.3. The lowest BCUT2D eigenvalue weighted by Gasteiger charge is -2.49. The number of halogens is 2. The van der Waals surface area contributed by atoms with Crippen molar-refractivity contribution >= 4 is 46.8 Å². The Balaban J connectivity index is 1.40. The van der Waals surface area contributed by atoms with Crippen molar-refractivity contribution in [3.63, 3.8) is 0 Å². The summed E-state index contributed by atoms with van der Waals surface area (Å²) in [6.07, 6.45) is 1.99. The molecule has 2 N–H and O–H groups in total. The fourth-order valence-electron chi connectivity index (χ4n) is 4.39. The lowest BCUT2D eigenvalue weighted by molar-refractivity contribution is -0.133. The van der Waals surface area contributed by atoms with E-state index in [9.17, 15) is 9.59 Å². The maximum atomic E-state index is 13.1. The number of hydrogen-bond acceptors (Lipinski definition) is 5. The molecule has 9 heteroatoms. The van der Waals surface area contributed by atoms with E-state index in [1.165, 1.54) is 17.7 Å². The van der Waals surface area contributed by atoms with Gasteiger partial charge < -0.3 is 4.74 Å². The molecular formula is C23H25Cl2N3O3S. The third-order valence-electron chi connectivity index (χ3n) is 6.11. The van der Waals surface area contributed by atoms with Gasteiger partial charge in [-0.05, 0) is 67.7 Å². The minimum Gasteiger partial charge on any atom is -0.497 e. The Morgan fingerprint density at radius 3 is 2.47 bits per heavy atom. The lowest BCUT2D eigenvalue weighted by atomic mass is 9.78. The molecule has 2 bridgehead atoms. The molecule has 3 aliphatic heterocycles. The first-order valence-electron chi connectivity index (χ1n) is 10.5. The number of hydrazine groups is 1. The molecule has 2 aromatic carbocycles. The number of nitrogens with zero attached hydrogens (tertiary/aromatic N) is 1. The zero-order valence-corrected chi connectivity index (χ0v) is 20.0. The molecule has 0 saturated carbocycles. The molecule has 2 atom stereocenters. The van der Waals surface area contributed by atoms with Gasteiger partial charge in [0.1, 0.15) is 5.75 Å². The van der Waals surface area contributed by atoms with Gasteiger partial charge in [0.15, 0.2) is 0 Å². The molecule has 6 nitrogen and oxygen atoms in total. The van der Waals surface area contributed by atoms with Gasteiger partial charge in [0.25, 0.3) is 5.91 Å². The maximum absolute atomic E-state index is 13.1. The summed E-state index contributed by atoms with van der Waals surface area (Å²) < 4.78 is 5.23. The minimum atomic E-state index is -0.469. The van der Waals surface area contributed by atoms with Gasteiger partial charge in [0.2, 0.25) is 5.91 Å². The van der Waals surface area contributed by atoms with E-state index in [4.69, 9.17) is 27.9 Å². The highest BCUT2D eigenvalue weighted by atomic mass is 35.5. The van der Waals surface area contributed by atoms with Crippen molar-refractivity contribution in [1.82, 2.24) is 15.8 Å². The van der Waals surface area contributed by atoms with Crippen LogP contribution in [0.1, 0.15) is 28.8 Å². The molecule has 0 unspecified atom stereocenters. The molecule has 3 heterocycles. The van der Waals surface area contributed by atoms with Gasteiger partial charge in [-0.1, -0.05) is 35.3 Å². The topological polar surface area (TPSA) is 70.7 Å². The second-order valence-electron chi connectivity index (χ2n) is 8.02. The van der Waals surface area contributed by atoms with Crippen LogP contribution in [0.15, 0.2) is 42.5 Å². The van der Waals surface area contributed by atoms with Crippen molar-refractivity contribution in [3.05, 3.63) is 63.6 Å². The Labute approximate surface area is 201 Å². The smallest absolute Gasteiger partial charge is 0.271 e. The van der Waals surface area contributed by atoms with E-state index in [2.05, 4.69) is 15.8 Å². The molecule has 3 aliphatic rings. The number of carbonyl (C=O) groups is 2. The highest BCUT2D eigenvalue weighted by Gasteiger charge is 2.46. The standard InChI is InChI=1S/C23H25Cl2N3O3S/c1-31-17-5-2-14(3-6-17)13-32-23-20(15-8-10-28(23)11-9-15)22(30)27-26-21(29)18-7-4-16(24)12-19(18)25/h2-7,12,15,20,23H,8-11,13H2,1H3,(H,26,29)(H,27,30)/t20-,23+/m1/s1. The monoisotopic (exact) mass is 493 g/mol. The van der Waals surface area contributed by atoms with Crippen molar-refractivity contribution in [2.45, 2.75) is 24.0 Å². The molecule has 2 aromatic rings. The third-order valence-corrected chi connectivity index (χ3v) is 8.09. The van der Waals surface area contributed by atoms with Gasteiger partial charge in [-0.2, -0.15) is 0 Å². The minimum absolute atomic E-state index is 0.0700. The first kappa shape index (κ1) is 23.2. The van der Waals surface area contributed by atoms with Crippen LogP contribution in [0.4, 0.5) is 0 Å². The summed E-state index contributed by atoms with van der Waals surface area (Å²) in [5.74, 6) is 1.11. The van der Waals surface area contributed by atoms with Crippen LogP contribution in [0.3, 0.4) is 0 Å². The van der Waals surface area contributed by atoms with E-state index in [1.807, 2.05) is 24.3 Å². The fourth-order valence-corrected chi connectivity index (χ4v) is 6.42. The van der Waals surface area contributed by atoms with Crippen molar-refractivity contribution in [1.29, 1.82) is 0 Å².